The molecule has 0 radical (unpaired) electrons. The second-order valence-electron chi connectivity index (χ2n) is 4.18. The van der Waals surface area contributed by atoms with Crippen LogP contribution in [0.4, 0.5) is 8.78 Å². The van der Waals surface area contributed by atoms with E-state index in [0.717, 1.165) is 44.7 Å². The van der Waals surface area contributed by atoms with E-state index in [1.165, 1.54) is 6.07 Å². The van der Waals surface area contributed by atoms with Gasteiger partial charge in [-0.25, -0.2) is 8.78 Å². The van der Waals surface area contributed by atoms with Crippen LogP contribution in [0.3, 0.4) is 0 Å². The van der Waals surface area contributed by atoms with Crippen molar-refractivity contribution < 1.29 is 8.78 Å². The predicted octanol–water partition coefficient (Wildman–Crippen LogP) is 2.17. The van der Waals surface area contributed by atoms with E-state index in [4.69, 9.17) is 0 Å². The topological polar surface area (TPSA) is 15.3 Å². The van der Waals surface area contributed by atoms with E-state index in [2.05, 4.69) is 26.1 Å². The molecule has 2 nitrogen and oxygen atoms in total. The minimum atomic E-state index is -0.803. The SMILES string of the molecule is Fc1ccc(CCN2CCNCC2)c(Br)c1F. The first-order valence-electron chi connectivity index (χ1n) is 5.74. The van der Waals surface area contributed by atoms with Gasteiger partial charge < -0.3 is 10.2 Å². The molecule has 94 valence electrons. The number of nitrogens with zero attached hydrogens (tertiary/aromatic N) is 1. The summed E-state index contributed by atoms with van der Waals surface area (Å²) >= 11 is 3.11. The molecular formula is C12H15BrF2N2. The van der Waals surface area contributed by atoms with Crippen molar-refractivity contribution in [2.24, 2.45) is 0 Å². The van der Waals surface area contributed by atoms with Gasteiger partial charge >= 0.3 is 0 Å². The maximum Gasteiger partial charge on any atom is 0.173 e. The molecule has 1 saturated heterocycles. The average molecular weight is 305 g/mol. The van der Waals surface area contributed by atoms with Crippen molar-refractivity contribution in [3.8, 4) is 0 Å². The molecule has 2 rings (SSSR count). The zero-order valence-electron chi connectivity index (χ0n) is 9.48. The Morgan fingerprint density at radius 1 is 1.24 bits per heavy atom. The third-order valence-electron chi connectivity index (χ3n) is 3.02. The van der Waals surface area contributed by atoms with Crippen LogP contribution in [0.15, 0.2) is 16.6 Å². The standard InChI is InChI=1S/C12H15BrF2N2/c13-11-9(1-2-10(14)12(11)15)3-6-17-7-4-16-5-8-17/h1-2,16H,3-8H2. The van der Waals surface area contributed by atoms with E-state index in [1.807, 2.05) is 0 Å². The summed E-state index contributed by atoms with van der Waals surface area (Å²) in [6, 6.07) is 2.83. The van der Waals surface area contributed by atoms with Gasteiger partial charge in [0.1, 0.15) is 0 Å². The van der Waals surface area contributed by atoms with Gasteiger partial charge in [0, 0.05) is 32.7 Å². The summed E-state index contributed by atoms with van der Waals surface area (Å²) in [6.07, 6.45) is 0.734. The monoisotopic (exact) mass is 304 g/mol. The van der Waals surface area contributed by atoms with E-state index >= 15 is 0 Å². The van der Waals surface area contributed by atoms with Gasteiger partial charge in [-0.2, -0.15) is 0 Å². The zero-order valence-corrected chi connectivity index (χ0v) is 11.1. The Balaban J connectivity index is 1.96. The number of hydrogen-bond donors (Lipinski definition) is 1. The number of piperazine rings is 1. The summed E-state index contributed by atoms with van der Waals surface area (Å²) < 4.78 is 26.5. The third-order valence-corrected chi connectivity index (χ3v) is 3.88. The minimum absolute atomic E-state index is 0.257. The predicted molar refractivity (Wildman–Crippen MR) is 67.1 cm³/mol. The molecule has 1 aromatic rings. The van der Waals surface area contributed by atoms with Gasteiger partial charge in [-0.3, -0.25) is 0 Å². The van der Waals surface area contributed by atoms with Crippen molar-refractivity contribution in [1.29, 1.82) is 0 Å². The highest BCUT2D eigenvalue weighted by Crippen LogP contribution is 2.23. The largest absolute Gasteiger partial charge is 0.314 e. The molecule has 0 spiro atoms. The molecule has 0 atom stereocenters. The molecule has 1 aromatic carbocycles. The first-order valence-corrected chi connectivity index (χ1v) is 6.53. The summed E-state index contributed by atoms with van der Waals surface area (Å²) in [5.74, 6) is -1.59. The molecule has 1 fully saturated rings. The van der Waals surface area contributed by atoms with Gasteiger partial charge in [0.05, 0.1) is 4.47 Å². The lowest BCUT2D eigenvalue weighted by Gasteiger charge is -2.27. The Morgan fingerprint density at radius 2 is 1.94 bits per heavy atom. The van der Waals surface area contributed by atoms with Crippen molar-refractivity contribution in [3.05, 3.63) is 33.8 Å². The van der Waals surface area contributed by atoms with Crippen molar-refractivity contribution in [1.82, 2.24) is 10.2 Å². The molecule has 1 N–H and O–H groups in total. The molecule has 0 amide bonds. The van der Waals surface area contributed by atoms with Crippen LogP contribution in [-0.4, -0.2) is 37.6 Å². The molecule has 1 aliphatic heterocycles. The number of halogens is 3. The lowest BCUT2D eigenvalue weighted by atomic mass is 10.1. The van der Waals surface area contributed by atoms with Crippen LogP contribution < -0.4 is 5.32 Å². The smallest absolute Gasteiger partial charge is 0.173 e. The van der Waals surface area contributed by atoms with Gasteiger partial charge in [-0.05, 0) is 34.0 Å². The third kappa shape index (κ3) is 3.24. The second kappa shape index (κ2) is 5.89. The molecule has 0 bridgehead atoms. The Kier molecular flexibility index (Phi) is 4.48. The van der Waals surface area contributed by atoms with Crippen LogP contribution in [0.2, 0.25) is 0 Å². The molecule has 1 aliphatic rings. The summed E-state index contributed by atoms with van der Waals surface area (Å²) in [5.41, 5.74) is 0.822. The Bertz CT molecular complexity index is 392. The van der Waals surface area contributed by atoms with Crippen molar-refractivity contribution in [2.45, 2.75) is 6.42 Å². The van der Waals surface area contributed by atoms with Crippen LogP contribution in [0, 0.1) is 11.6 Å². The number of benzene rings is 1. The molecule has 1 heterocycles. The summed E-state index contributed by atoms with van der Waals surface area (Å²) in [4.78, 5) is 2.32. The van der Waals surface area contributed by atoms with Crippen LogP contribution in [0.25, 0.3) is 0 Å². The number of nitrogens with one attached hydrogen (secondary N) is 1. The van der Waals surface area contributed by atoms with E-state index in [1.54, 1.807) is 6.07 Å². The molecule has 0 aliphatic carbocycles. The summed E-state index contributed by atoms with van der Waals surface area (Å²) in [5, 5.41) is 3.28. The lowest BCUT2D eigenvalue weighted by molar-refractivity contribution is 0.243. The molecule has 0 aromatic heterocycles. The van der Waals surface area contributed by atoms with Crippen molar-refractivity contribution in [3.63, 3.8) is 0 Å². The van der Waals surface area contributed by atoms with Gasteiger partial charge in [-0.1, -0.05) is 6.07 Å². The Morgan fingerprint density at radius 3 is 2.65 bits per heavy atom. The average Bonchev–Trinajstić information content (AvgIpc) is 2.36. The normalized spacial score (nSPS) is 17.4. The van der Waals surface area contributed by atoms with Gasteiger partial charge in [0.2, 0.25) is 0 Å². The highest BCUT2D eigenvalue weighted by molar-refractivity contribution is 9.10. The van der Waals surface area contributed by atoms with E-state index in [-0.39, 0.29) is 4.47 Å². The fraction of sp³-hybridized carbons (Fsp3) is 0.500. The fourth-order valence-corrected chi connectivity index (χ4v) is 2.49. The first-order chi connectivity index (χ1) is 8.18. The second-order valence-corrected chi connectivity index (χ2v) is 4.97. The number of rotatable bonds is 3. The van der Waals surface area contributed by atoms with E-state index < -0.39 is 11.6 Å². The van der Waals surface area contributed by atoms with Crippen molar-refractivity contribution in [2.75, 3.05) is 32.7 Å². The summed E-state index contributed by atoms with van der Waals surface area (Å²) in [6.45, 7) is 4.91. The van der Waals surface area contributed by atoms with Crippen molar-refractivity contribution >= 4 is 15.9 Å². The number of hydrogen-bond acceptors (Lipinski definition) is 2. The molecule has 0 unspecified atom stereocenters. The zero-order chi connectivity index (χ0) is 12.3. The lowest BCUT2D eigenvalue weighted by Crippen LogP contribution is -2.44. The Hall–Kier alpha value is -0.520. The van der Waals surface area contributed by atoms with Crippen LogP contribution in [0.5, 0.6) is 0 Å². The highest BCUT2D eigenvalue weighted by Gasteiger charge is 2.13. The molecule has 5 heteroatoms. The van der Waals surface area contributed by atoms with Gasteiger partial charge in [0.25, 0.3) is 0 Å². The minimum Gasteiger partial charge on any atom is -0.314 e. The van der Waals surface area contributed by atoms with Crippen LogP contribution in [-0.2, 0) is 6.42 Å². The molecule has 0 saturated carbocycles. The highest BCUT2D eigenvalue weighted by atomic mass is 79.9. The Labute approximate surface area is 108 Å². The van der Waals surface area contributed by atoms with Crippen LogP contribution >= 0.6 is 15.9 Å². The maximum absolute atomic E-state index is 13.3. The van der Waals surface area contributed by atoms with E-state index in [0.29, 0.717) is 0 Å². The van der Waals surface area contributed by atoms with Gasteiger partial charge in [-0.15, -0.1) is 0 Å². The summed E-state index contributed by atoms with van der Waals surface area (Å²) in [7, 11) is 0. The quantitative estimate of drug-likeness (QED) is 0.861. The maximum atomic E-state index is 13.3. The van der Waals surface area contributed by atoms with Crippen LogP contribution in [0.1, 0.15) is 5.56 Å². The molecule has 17 heavy (non-hydrogen) atoms. The first kappa shape index (κ1) is 12.9. The fourth-order valence-electron chi connectivity index (χ4n) is 1.97. The van der Waals surface area contributed by atoms with Gasteiger partial charge in [0.15, 0.2) is 11.6 Å². The van der Waals surface area contributed by atoms with E-state index in [9.17, 15) is 8.78 Å². The molecular weight excluding hydrogens is 290 g/mol.